The minimum absolute atomic E-state index is 0.00231. The molecule has 2 heteroatoms. The number of carbonyl (C=O) groups excluding carboxylic acids is 1. The van der Waals surface area contributed by atoms with Gasteiger partial charge in [-0.15, -0.1) is 0 Å². The zero-order valence-electron chi connectivity index (χ0n) is 4.69. The highest BCUT2D eigenvalue weighted by atomic mass is 16.1. The Morgan fingerprint density at radius 3 is 2.57 bits per heavy atom. The van der Waals surface area contributed by atoms with Crippen molar-refractivity contribution in [2.45, 2.75) is 13.8 Å². The number of nitrogens with one attached hydrogen (secondary N) is 1. The lowest BCUT2D eigenvalue weighted by atomic mass is 10.4. The van der Waals surface area contributed by atoms with E-state index >= 15 is 0 Å². The third-order valence-electron chi connectivity index (χ3n) is 0.613. The normalized spacial score (nSPS) is 8.29. The Hall–Kier alpha value is -0.530. The fraction of sp³-hybridized carbons (Fsp3) is 0.600. The molecule has 0 aliphatic rings. The molecule has 7 heavy (non-hydrogen) atoms. The SMILES string of the molecule is C[CH]C(=O)NCC. The van der Waals surface area contributed by atoms with E-state index in [1.165, 1.54) is 6.42 Å². The summed E-state index contributed by atoms with van der Waals surface area (Å²) in [5.41, 5.74) is 0. The number of hydrogen-bond acceptors (Lipinski definition) is 1. The molecule has 1 radical (unpaired) electrons. The van der Waals surface area contributed by atoms with Crippen molar-refractivity contribution >= 4 is 5.91 Å². The lowest BCUT2D eigenvalue weighted by molar-refractivity contribution is -0.117. The van der Waals surface area contributed by atoms with Crippen LogP contribution >= 0.6 is 0 Å². The predicted molar refractivity (Wildman–Crippen MR) is 28.7 cm³/mol. The first-order valence-electron chi connectivity index (χ1n) is 2.38. The largest absolute Gasteiger partial charge is 0.356 e. The summed E-state index contributed by atoms with van der Waals surface area (Å²) < 4.78 is 0. The average molecular weight is 100 g/mol. The molecule has 0 fully saturated rings. The second-order valence-corrected chi connectivity index (χ2v) is 1.18. The van der Waals surface area contributed by atoms with Crippen molar-refractivity contribution in [1.82, 2.24) is 5.32 Å². The summed E-state index contributed by atoms with van der Waals surface area (Å²) in [4.78, 5) is 10.2. The highest BCUT2D eigenvalue weighted by Crippen LogP contribution is 1.68. The Morgan fingerprint density at radius 1 is 1.86 bits per heavy atom. The van der Waals surface area contributed by atoms with E-state index in [4.69, 9.17) is 0 Å². The zero-order valence-corrected chi connectivity index (χ0v) is 4.69. The van der Waals surface area contributed by atoms with Crippen molar-refractivity contribution in [2.24, 2.45) is 0 Å². The first kappa shape index (κ1) is 6.47. The number of rotatable bonds is 2. The van der Waals surface area contributed by atoms with Gasteiger partial charge in [0.1, 0.15) is 0 Å². The van der Waals surface area contributed by atoms with Crippen LogP contribution in [0.3, 0.4) is 0 Å². The Kier molecular flexibility index (Phi) is 3.38. The maximum absolute atomic E-state index is 10.2. The minimum Gasteiger partial charge on any atom is -0.356 e. The van der Waals surface area contributed by atoms with Gasteiger partial charge in [0.15, 0.2) is 0 Å². The molecule has 0 heterocycles. The van der Waals surface area contributed by atoms with E-state index in [0.717, 1.165) is 0 Å². The predicted octanol–water partition coefficient (Wildman–Crippen LogP) is 0.347. The smallest absolute Gasteiger partial charge is 0.223 e. The molecular formula is C5H10NO. The fourth-order valence-corrected chi connectivity index (χ4v) is 0.276. The number of carbonyl (C=O) groups is 1. The molecule has 0 rings (SSSR count). The van der Waals surface area contributed by atoms with E-state index in [1.807, 2.05) is 6.92 Å². The van der Waals surface area contributed by atoms with E-state index < -0.39 is 0 Å². The maximum atomic E-state index is 10.2. The van der Waals surface area contributed by atoms with E-state index in [2.05, 4.69) is 5.32 Å². The van der Waals surface area contributed by atoms with Gasteiger partial charge in [-0.1, -0.05) is 6.92 Å². The molecule has 1 amide bonds. The molecule has 0 atom stereocenters. The molecule has 0 saturated heterocycles. The molecule has 0 spiro atoms. The van der Waals surface area contributed by atoms with Crippen molar-refractivity contribution < 1.29 is 4.79 Å². The molecule has 2 nitrogen and oxygen atoms in total. The fourth-order valence-electron chi connectivity index (χ4n) is 0.276. The summed E-state index contributed by atoms with van der Waals surface area (Å²) in [6, 6.07) is 0. The molecule has 41 valence electrons. The van der Waals surface area contributed by atoms with Crippen LogP contribution in [-0.4, -0.2) is 12.5 Å². The van der Waals surface area contributed by atoms with Crippen LogP contribution in [0, 0.1) is 6.42 Å². The second kappa shape index (κ2) is 3.65. The van der Waals surface area contributed by atoms with Crippen LogP contribution in [-0.2, 0) is 4.79 Å². The molecule has 0 aliphatic heterocycles. The van der Waals surface area contributed by atoms with Gasteiger partial charge in [-0.25, -0.2) is 0 Å². The first-order valence-corrected chi connectivity index (χ1v) is 2.38. The molecule has 1 N–H and O–H groups in total. The highest BCUT2D eigenvalue weighted by Gasteiger charge is 1.88. The monoisotopic (exact) mass is 100 g/mol. The maximum Gasteiger partial charge on any atom is 0.223 e. The van der Waals surface area contributed by atoms with Gasteiger partial charge in [0.25, 0.3) is 0 Å². The molecule has 0 aromatic heterocycles. The van der Waals surface area contributed by atoms with Gasteiger partial charge in [-0.2, -0.15) is 0 Å². The summed E-state index contributed by atoms with van der Waals surface area (Å²) in [7, 11) is 0. The summed E-state index contributed by atoms with van der Waals surface area (Å²) in [6.45, 7) is 4.32. The molecule has 0 aliphatic carbocycles. The standard InChI is InChI=1S/C5H10NO/c1-3-5(7)6-4-2/h3H,4H2,1-2H3,(H,6,7). The Bertz CT molecular complexity index is 61.1. The van der Waals surface area contributed by atoms with Gasteiger partial charge in [0.2, 0.25) is 5.91 Å². The van der Waals surface area contributed by atoms with Crippen LogP contribution in [0.5, 0.6) is 0 Å². The van der Waals surface area contributed by atoms with Gasteiger partial charge >= 0.3 is 0 Å². The van der Waals surface area contributed by atoms with Crippen LogP contribution in [0.2, 0.25) is 0 Å². The van der Waals surface area contributed by atoms with Gasteiger partial charge in [0, 0.05) is 13.0 Å². The quantitative estimate of drug-likeness (QED) is 0.533. The molecule has 0 unspecified atom stereocenters. The molecule has 0 bridgehead atoms. The van der Waals surface area contributed by atoms with Crippen LogP contribution in [0.25, 0.3) is 0 Å². The Labute approximate surface area is 43.9 Å². The second-order valence-electron chi connectivity index (χ2n) is 1.18. The van der Waals surface area contributed by atoms with Crippen molar-refractivity contribution in [3.8, 4) is 0 Å². The summed E-state index contributed by atoms with van der Waals surface area (Å²) in [5, 5.41) is 2.60. The molecule has 0 aromatic rings. The van der Waals surface area contributed by atoms with Crippen molar-refractivity contribution in [2.75, 3.05) is 6.54 Å². The van der Waals surface area contributed by atoms with Crippen LogP contribution in [0.4, 0.5) is 0 Å². The van der Waals surface area contributed by atoms with Crippen LogP contribution in [0.1, 0.15) is 13.8 Å². The zero-order chi connectivity index (χ0) is 5.70. The van der Waals surface area contributed by atoms with Crippen LogP contribution in [0.15, 0.2) is 0 Å². The van der Waals surface area contributed by atoms with Gasteiger partial charge in [-0.3, -0.25) is 4.79 Å². The topological polar surface area (TPSA) is 29.1 Å². The number of hydrogen-bond donors (Lipinski definition) is 1. The minimum atomic E-state index is 0.00231. The van der Waals surface area contributed by atoms with Crippen molar-refractivity contribution in [1.29, 1.82) is 0 Å². The molecular weight excluding hydrogens is 90.1 g/mol. The van der Waals surface area contributed by atoms with Gasteiger partial charge < -0.3 is 5.32 Å². The van der Waals surface area contributed by atoms with E-state index in [1.54, 1.807) is 6.92 Å². The van der Waals surface area contributed by atoms with Gasteiger partial charge in [-0.05, 0) is 6.92 Å². The van der Waals surface area contributed by atoms with Crippen molar-refractivity contribution in [3.05, 3.63) is 6.42 Å². The summed E-state index contributed by atoms with van der Waals surface area (Å²) >= 11 is 0. The Balaban J connectivity index is 3.00. The summed E-state index contributed by atoms with van der Waals surface area (Å²) in [6.07, 6.45) is 1.50. The third-order valence-corrected chi connectivity index (χ3v) is 0.613. The van der Waals surface area contributed by atoms with E-state index in [-0.39, 0.29) is 5.91 Å². The lowest BCUT2D eigenvalue weighted by Crippen LogP contribution is -2.21. The number of amides is 1. The van der Waals surface area contributed by atoms with Gasteiger partial charge in [0.05, 0.1) is 0 Å². The van der Waals surface area contributed by atoms with E-state index in [9.17, 15) is 4.79 Å². The first-order chi connectivity index (χ1) is 3.31. The highest BCUT2D eigenvalue weighted by molar-refractivity contribution is 5.83. The third kappa shape index (κ3) is 3.30. The lowest BCUT2D eigenvalue weighted by Gasteiger charge is -1.93. The van der Waals surface area contributed by atoms with Crippen molar-refractivity contribution in [3.63, 3.8) is 0 Å². The Morgan fingerprint density at radius 2 is 2.43 bits per heavy atom. The summed E-state index contributed by atoms with van der Waals surface area (Å²) in [5.74, 6) is 0.00231. The molecule has 0 saturated carbocycles. The van der Waals surface area contributed by atoms with Crippen LogP contribution < -0.4 is 5.32 Å². The van der Waals surface area contributed by atoms with E-state index in [0.29, 0.717) is 6.54 Å². The average Bonchev–Trinajstić information content (AvgIpc) is 1.68. The molecule has 0 aromatic carbocycles.